The van der Waals surface area contributed by atoms with Gasteiger partial charge in [-0.3, -0.25) is 4.79 Å². The van der Waals surface area contributed by atoms with Crippen LogP contribution >= 0.6 is 11.6 Å². The lowest BCUT2D eigenvalue weighted by atomic mass is 10.1. The summed E-state index contributed by atoms with van der Waals surface area (Å²) in [6.07, 6.45) is 0. The van der Waals surface area contributed by atoms with Gasteiger partial charge >= 0.3 is 0 Å². The molecule has 0 saturated heterocycles. The smallest absolute Gasteiger partial charge is 0.258 e. The van der Waals surface area contributed by atoms with Crippen molar-refractivity contribution in [3.63, 3.8) is 0 Å². The normalized spacial score (nSPS) is 10.4. The molecule has 1 aromatic heterocycles. The van der Waals surface area contributed by atoms with Gasteiger partial charge in [-0.05, 0) is 55.5 Å². The Balaban J connectivity index is 1.46. The van der Waals surface area contributed by atoms with Crippen molar-refractivity contribution >= 4 is 17.5 Å². The molecule has 2 aromatic carbocycles. The standard InChI is InChI=1S/C20H19ClN2O4/c1-2-25-17-7-9-18(10-8-17)26-13-20(24)22-12-16-11-19(27-23-16)14-3-5-15(21)6-4-14/h3-11H,2,12-13H2,1H3,(H,22,24). The Morgan fingerprint density at radius 3 is 2.41 bits per heavy atom. The van der Waals surface area contributed by atoms with E-state index in [4.69, 9.17) is 25.6 Å². The maximum Gasteiger partial charge on any atom is 0.258 e. The van der Waals surface area contributed by atoms with Gasteiger partial charge in [-0.15, -0.1) is 0 Å². The van der Waals surface area contributed by atoms with Crippen LogP contribution in [0.4, 0.5) is 0 Å². The number of nitrogens with zero attached hydrogens (tertiary/aromatic N) is 1. The average molecular weight is 387 g/mol. The predicted molar refractivity (Wildman–Crippen MR) is 102 cm³/mol. The van der Waals surface area contributed by atoms with Gasteiger partial charge in [0.2, 0.25) is 0 Å². The Morgan fingerprint density at radius 2 is 1.74 bits per heavy atom. The highest BCUT2D eigenvalue weighted by Gasteiger charge is 2.09. The number of amides is 1. The fourth-order valence-corrected chi connectivity index (χ4v) is 2.46. The van der Waals surface area contributed by atoms with Crippen LogP contribution in [0.2, 0.25) is 5.02 Å². The van der Waals surface area contributed by atoms with E-state index >= 15 is 0 Å². The first-order chi connectivity index (χ1) is 13.1. The molecule has 0 aliphatic carbocycles. The topological polar surface area (TPSA) is 73.6 Å². The van der Waals surface area contributed by atoms with E-state index in [1.807, 2.05) is 19.1 Å². The van der Waals surface area contributed by atoms with Crippen molar-refractivity contribution in [1.82, 2.24) is 10.5 Å². The number of carbonyl (C=O) groups excluding carboxylic acids is 1. The van der Waals surface area contributed by atoms with Gasteiger partial charge in [0.1, 0.15) is 17.2 Å². The zero-order chi connectivity index (χ0) is 19.1. The van der Waals surface area contributed by atoms with E-state index in [1.165, 1.54) is 0 Å². The summed E-state index contributed by atoms with van der Waals surface area (Å²) in [6, 6.07) is 16.1. The molecule has 0 fully saturated rings. The molecule has 0 aliphatic heterocycles. The summed E-state index contributed by atoms with van der Waals surface area (Å²) in [5.74, 6) is 1.72. The Labute approximate surface area is 162 Å². The summed E-state index contributed by atoms with van der Waals surface area (Å²) in [5, 5.41) is 7.35. The highest BCUT2D eigenvalue weighted by Crippen LogP contribution is 2.22. The minimum absolute atomic E-state index is 0.0874. The van der Waals surface area contributed by atoms with Gasteiger partial charge in [-0.25, -0.2) is 0 Å². The number of hydrogen-bond donors (Lipinski definition) is 1. The van der Waals surface area contributed by atoms with Crippen molar-refractivity contribution in [3.05, 3.63) is 65.3 Å². The molecule has 1 N–H and O–H groups in total. The van der Waals surface area contributed by atoms with Gasteiger partial charge in [-0.1, -0.05) is 16.8 Å². The van der Waals surface area contributed by atoms with E-state index in [1.54, 1.807) is 42.5 Å². The molecule has 1 heterocycles. The van der Waals surface area contributed by atoms with E-state index in [0.29, 0.717) is 28.8 Å². The largest absolute Gasteiger partial charge is 0.494 e. The highest BCUT2D eigenvalue weighted by molar-refractivity contribution is 6.30. The van der Waals surface area contributed by atoms with Gasteiger partial charge in [0.05, 0.1) is 13.2 Å². The minimum atomic E-state index is -0.250. The maximum atomic E-state index is 11.9. The first kappa shape index (κ1) is 18.8. The molecule has 1 amide bonds. The number of rotatable bonds is 8. The highest BCUT2D eigenvalue weighted by atomic mass is 35.5. The van der Waals surface area contributed by atoms with Gasteiger partial charge in [0, 0.05) is 16.7 Å². The predicted octanol–water partition coefficient (Wildman–Crippen LogP) is 4.09. The lowest BCUT2D eigenvalue weighted by molar-refractivity contribution is -0.123. The van der Waals surface area contributed by atoms with Crippen LogP contribution in [0.1, 0.15) is 12.6 Å². The van der Waals surface area contributed by atoms with Crippen LogP contribution in [0.5, 0.6) is 11.5 Å². The van der Waals surface area contributed by atoms with Crippen LogP contribution in [0, 0.1) is 0 Å². The Morgan fingerprint density at radius 1 is 1.07 bits per heavy atom. The maximum absolute atomic E-state index is 11.9. The molecule has 0 bridgehead atoms. The molecular weight excluding hydrogens is 368 g/mol. The second-order valence-electron chi connectivity index (χ2n) is 5.66. The number of carbonyl (C=O) groups is 1. The van der Waals surface area contributed by atoms with Crippen molar-refractivity contribution in [2.45, 2.75) is 13.5 Å². The SMILES string of the molecule is CCOc1ccc(OCC(=O)NCc2cc(-c3ccc(Cl)cc3)on2)cc1. The molecule has 0 unspecified atom stereocenters. The van der Waals surface area contributed by atoms with Gasteiger partial charge in [-0.2, -0.15) is 0 Å². The number of ether oxygens (including phenoxy) is 2. The lowest BCUT2D eigenvalue weighted by Crippen LogP contribution is -2.28. The van der Waals surface area contributed by atoms with E-state index in [9.17, 15) is 4.79 Å². The second kappa shape index (κ2) is 9.09. The molecule has 3 aromatic rings. The third-order valence-corrected chi connectivity index (χ3v) is 3.91. The fourth-order valence-electron chi connectivity index (χ4n) is 2.33. The van der Waals surface area contributed by atoms with Crippen LogP contribution < -0.4 is 14.8 Å². The third kappa shape index (κ3) is 5.49. The van der Waals surface area contributed by atoms with Gasteiger partial charge in [0.15, 0.2) is 12.4 Å². The Bertz CT molecular complexity index is 876. The molecule has 140 valence electrons. The molecule has 7 heteroatoms. The number of halogens is 1. The summed E-state index contributed by atoms with van der Waals surface area (Å²) in [7, 11) is 0. The number of nitrogens with one attached hydrogen (secondary N) is 1. The zero-order valence-corrected chi connectivity index (χ0v) is 15.5. The summed E-state index contributed by atoms with van der Waals surface area (Å²) in [5.41, 5.74) is 1.48. The van der Waals surface area contributed by atoms with Crippen molar-refractivity contribution in [3.8, 4) is 22.8 Å². The van der Waals surface area contributed by atoms with Gasteiger partial charge < -0.3 is 19.3 Å². The summed E-state index contributed by atoms with van der Waals surface area (Å²) in [6.45, 7) is 2.69. The van der Waals surface area contributed by atoms with Crippen LogP contribution in [-0.4, -0.2) is 24.3 Å². The van der Waals surface area contributed by atoms with E-state index in [0.717, 1.165) is 11.3 Å². The molecule has 0 saturated carbocycles. The summed E-state index contributed by atoms with van der Waals surface area (Å²) in [4.78, 5) is 11.9. The van der Waals surface area contributed by atoms with E-state index < -0.39 is 0 Å². The third-order valence-electron chi connectivity index (χ3n) is 3.66. The van der Waals surface area contributed by atoms with Crippen LogP contribution in [0.3, 0.4) is 0 Å². The number of benzene rings is 2. The molecule has 0 radical (unpaired) electrons. The van der Waals surface area contributed by atoms with Crippen molar-refractivity contribution < 1.29 is 18.8 Å². The summed E-state index contributed by atoms with van der Waals surface area (Å²) < 4.78 is 16.1. The Hall–Kier alpha value is -2.99. The molecule has 27 heavy (non-hydrogen) atoms. The zero-order valence-electron chi connectivity index (χ0n) is 14.8. The van der Waals surface area contributed by atoms with Crippen LogP contribution in [0.15, 0.2) is 59.1 Å². The second-order valence-corrected chi connectivity index (χ2v) is 6.10. The molecule has 6 nitrogen and oxygen atoms in total. The van der Waals surface area contributed by atoms with Crippen LogP contribution in [0.25, 0.3) is 11.3 Å². The molecule has 0 spiro atoms. The molecule has 3 rings (SSSR count). The van der Waals surface area contributed by atoms with E-state index in [-0.39, 0.29) is 19.1 Å². The number of hydrogen-bond acceptors (Lipinski definition) is 5. The van der Waals surface area contributed by atoms with Crippen molar-refractivity contribution in [2.24, 2.45) is 0 Å². The van der Waals surface area contributed by atoms with E-state index in [2.05, 4.69) is 10.5 Å². The first-order valence-electron chi connectivity index (χ1n) is 8.48. The van der Waals surface area contributed by atoms with Crippen molar-refractivity contribution in [1.29, 1.82) is 0 Å². The number of aromatic nitrogens is 1. The molecule has 0 aliphatic rings. The average Bonchev–Trinajstić information content (AvgIpc) is 3.16. The molecular formula is C20H19ClN2O4. The minimum Gasteiger partial charge on any atom is -0.494 e. The molecule has 0 atom stereocenters. The monoisotopic (exact) mass is 386 g/mol. The quantitative estimate of drug-likeness (QED) is 0.631. The summed E-state index contributed by atoms with van der Waals surface area (Å²) >= 11 is 5.87. The fraction of sp³-hybridized carbons (Fsp3) is 0.200. The lowest BCUT2D eigenvalue weighted by Gasteiger charge is -2.07. The van der Waals surface area contributed by atoms with Gasteiger partial charge in [0.25, 0.3) is 5.91 Å². The van der Waals surface area contributed by atoms with Crippen LogP contribution in [-0.2, 0) is 11.3 Å². The Kier molecular flexibility index (Phi) is 6.33. The van der Waals surface area contributed by atoms with Crippen molar-refractivity contribution in [2.75, 3.05) is 13.2 Å². The first-order valence-corrected chi connectivity index (χ1v) is 8.85.